The fraction of sp³-hybridized carbons (Fsp3) is 0.200. The fourth-order valence-corrected chi connectivity index (χ4v) is 1.65. The summed E-state index contributed by atoms with van der Waals surface area (Å²) < 4.78 is 42.6. The summed E-state index contributed by atoms with van der Waals surface area (Å²) in [5, 5.41) is 0. The van der Waals surface area contributed by atoms with Gasteiger partial charge >= 0.3 is 6.18 Å². The number of pyridine rings is 1. The zero-order valence-corrected chi connectivity index (χ0v) is 11.9. The molecule has 22 heavy (non-hydrogen) atoms. The number of halogens is 3. The molecule has 0 aliphatic rings. The van der Waals surface area contributed by atoms with Crippen molar-refractivity contribution >= 4 is 5.91 Å². The van der Waals surface area contributed by atoms with Crippen molar-refractivity contribution < 1.29 is 22.7 Å². The Bertz CT molecular complexity index is 650. The molecule has 2 aromatic rings. The SMILES string of the molecule is CN(C)C(=O)c1ccc(Oc2ccc(C(F)(F)F)cn2)cc1. The minimum absolute atomic E-state index is 0.0414. The van der Waals surface area contributed by atoms with E-state index < -0.39 is 11.7 Å². The Kier molecular flexibility index (Phi) is 4.35. The van der Waals surface area contributed by atoms with Crippen LogP contribution in [0.15, 0.2) is 42.6 Å². The van der Waals surface area contributed by atoms with Crippen LogP contribution in [0.25, 0.3) is 0 Å². The topological polar surface area (TPSA) is 42.4 Å². The highest BCUT2D eigenvalue weighted by Gasteiger charge is 2.30. The Morgan fingerprint density at radius 3 is 2.18 bits per heavy atom. The molecule has 0 atom stereocenters. The van der Waals surface area contributed by atoms with Crippen LogP contribution in [0.4, 0.5) is 13.2 Å². The molecule has 116 valence electrons. The second-order valence-electron chi connectivity index (χ2n) is 4.71. The molecule has 0 bridgehead atoms. The van der Waals surface area contributed by atoms with E-state index in [1.54, 1.807) is 38.4 Å². The lowest BCUT2D eigenvalue weighted by Crippen LogP contribution is -2.21. The van der Waals surface area contributed by atoms with Gasteiger partial charge in [-0.15, -0.1) is 0 Å². The van der Waals surface area contributed by atoms with Gasteiger partial charge in [0.25, 0.3) is 5.91 Å². The standard InChI is InChI=1S/C15H13F3N2O2/c1-20(2)14(21)10-3-6-12(7-4-10)22-13-8-5-11(9-19-13)15(16,17)18/h3-9H,1-2H3. The van der Waals surface area contributed by atoms with Crippen molar-refractivity contribution in [3.05, 3.63) is 53.7 Å². The van der Waals surface area contributed by atoms with E-state index >= 15 is 0 Å². The number of nitrogens with zero attached hydrogens (tertiary/aromatic N) is 2. The van der Waals surface area contributed by atoms with Gasteiger partial charge in [-0.05, 0) is 30.3 Å². The second-order valence-corrected chi connectivity index (χ2v) is 4.71. The summed E-state index contributed by atoms with van der Waals surface area (Å²) in [6.07, 6.45) is -3.72. The van der Waals surface area contributed by atoms with Crippen molar-refractivity contribution in [2.75, 3.05) is 14.1 Å². The Balaban J connectivity index is 2.09. The van der Waals surface area contributed by atoms with E-state index in [9.17, 15) is 18.0 Å². The maximum atomic E-state index is 12.4. The van der Waals surface area contributed by atoms with Crippen LogP contribution in [0.3, 0.4) is 0 Å². The number of rotatable bonds is 3. The summed E-state index contributed by atoms with van der Waals surface area (Å²) in [6, 6.07) is 8.28. The van der Waals surface area contributed by atoms with E-state index in [0.717, 1.165) is 12.1 Å². The van der Waals surface area contributed by atoms with Crippen LogP contribution in [0.2, 0.25) is 0 Å². The summed E-state index contributed by atoms with van der Waals surface area (Å²) in [6.45, 7) is 0. The van der Waals surface area contributed by atoms with Crippen LogP contribution < -0.4 is 4.74 Å². The molecule has 7 heteroatoms. The van der Waals surface area contributed by atoms with Crippen LogP contribution in [0.1, 0.15) is 15.9 Å². The maximum absolute atomic E-state index is 12.4. The molecular formula is C15H13F3N2O2. The van der Waals surface area contributed by atoms with Gasteiger partial charge in [0.2, 0.25) is 5.88 Å². The van der Waals surface area contributed by atoms with Gasteiger partial charge < -0.3 is 9.64 Å². The number of benzene rings is 1. The van der Waals surface area contributed by atoms with E-state index in [4.69, 9.17) is 4.74 Å². The Morgan fingerprint density at radius 1 is 1.09 bits per heavy atom. The van der Waals surface area contributed by atoms with Crippen molar-refractivity contribution in [1.82, 2.24) is 9.88 Å². The highest BCUT2D eigenvalue weighted by molar-refractivity contribution is 5.93. The summed E-state index contributed by atoms with van der Waals surface area (Å²) >= 11 is 0. The van der Waals surface area contributed by atoms with E-state index in [0.29, 0.717) is 17.5 Å². The quantitative estimate of drug-likeness (QED) is 0.870. The first kappa shape index (κ1) is 15.8. The molecule has 0 saturated carbocycles. The minimum atomic E-state index is -4.43. The molecule has 0 radical (unpaired) electrons. The van der Waals surface area contributed by atoms with Crippen LogP contribution in [-0.4, -0.2) is 29.9 Å². The Hall–Kier alpha value is -2.57. The first-order chi connectivity index (χ1) is 10.3. The van der Waals surface area contributed by atoms with Gasteiger partial charge in [0.1, 0.15) is 5.75 Å². The fourth-order valence-electron chi connectivity index (χ4n) is 1.65. The van der Waals surface area contributed by atoms with Gasteiger partial charge in [0.05, 0.1) is 5.56 Å². The largest absolute Gasteiger partial charge is 0.439 e. The zero-order chi connectivity index (χ0) is 16.3. The van der Waals surface area contributed by atoms with E-state index in [1.807, 2.05) is 0 Å². The van der Waals surface area contributed by atoms with E-state index in [2.05, 4.69) is 4.98 Å². The first-order valence-electron chi connectivity index (χ1n) is 6.30. The van der Waals surface area contributed by atoms with E-state index in [-0.39, 0.29) is 11.8 Å². The molecule has 0 unspecified atom stereocenters. The van der Waals surface area contributed by atoms with Gasteiger partial charge in [0.15, 0.2) is 0 Å². The molecule has 4 nitrogen and oxygen atoms in total. The third-order valence-corrected chi connectivity index (χ3v) is 2.79. The monoisotopic (exact) mass is 310 g/mol. The lowest BCUT2D eigenvalue weighted by Gasteiger charge is -2.11. The van der Waals surface area contributed by atoms with E-state index in [1.165, 1.54) is 4.90 Å². The molecule has 0 saturated heterocycles. The molecule has 1 amide bonds. The van der Waals surface area contributed by atoms with Gasteiger partial charge in [-0.25, -0.2) is 4.98 Å². The van der Waals surface area contributed by atoms with Crippen molar-refractivity contribution in [2.24, 2.45) is 0 Å². The molecule has 0 aliphatic carbocycles. The third kappa shape index (κ3) is 3.75. The number of amides is 1. The molecule has 0 spiro atoms. The summed E-state index contributed by atoms with van der Waals surface area (Å²) in [5.41, 5.74) is -0.357. The smallest absolute Gasteiger partial charge is 0.417 e. The lowest BCUT2D eigenvalue weighted by atomic mass is 10.2. The van der Waals surface area contributed by atoms with Crippen molar-refractivity contribution in [2.45, 2.75) is 6.18 Å². The summed E-state index contributed by atoms with van der Waals surface area (Å²) in [5.74, 6) is 0.265. The number of carbonyl (C=O) groups excluding carboxylic acids is 1. The lowest BCUT2D eigenvalue weighted by molar-refractivity contribution is -0.137. The zero-order valence-electron chi connectivity index (χ0n) is 11.9. The third-order valence-electron chi connectivity index (χ3n) is 2.79. The van der Waals surface area contributed by atoms with Crippen molar-refractivity contribution in [1.29, 1.82) is 0 Å². The number of hydrogen-bond acceptors (Lipinski definition) is 3. The molecule has 2 rings (SSSR count). The van der Waals surface area contributed by atoms with Crippen LogP contribution >= 0.6 is 0 Å². The normalized spacial score (nSPS) is 11.1. The van der Waals surface area contributed by atoms with Crippen molar-refractivity contribution in [3.63, 3.8) is 0 Å². The van der Waals surface area contributed by atoms with Gasteiger partial charge in [0, 0.05) is 31.9 Å². The molecule has 0 aliphatic heterocycles. The summed E-state index contributed by atoms with van der Waals surface area (Å²) in [4.78, 5) is 16.8. The first-order valence-corrected chi connectivity index (χ1v) is 6.30. The molecule has 0 N–H and O–H groups in total. The molecule has 0 fully saturated rings. The number of ether oxygens (including phenoxy) is 1. The predicted octanol–water partition coefficient (Wildman–Crippen LogP) is 3.59. The maximum Gasteiger partial charge on any atom is 0.417 e. The highest BCUT2D eigenvalue weighted by atomic mass is 19.4. The minimum Gasteiger partial charge on any atom is -0.439 e. The molecular weight excluding hydrogens is 297 g/mol. The second kappa shape index (κ2) is 6.05. The average Bonchev–Trinajstić information content (AvgIpc) is 2.47. The van der Waals surface area contributed by atoms with Crippen molar-refractivity contribution in [3.8, 4) is 11.6 Å². The Morgan fingerprint density at radius 2 is 1.73 bits per heavy atom. The molecule has 1 aromatic carbocycles. The van der Waals surface area contributed by atoms with Crippen LogP contribution in [-0.2, 0) is 6.18 Å². The Labute approximate surface area is 125 Å². The number of aromatic nitrogens is 1. The molecule has 1 heterocycles. The van der Waals surface area contributed by atoms with Crippen LogP contribution in [0.5, 0.6) is 11.6 Å². The van der Waals surface area contributed by atoms with Gasteiger partial charge in [-0.3, -0.25) is 4.79 Å². The van der Waals surface area contributed by atoms with Crippen LogP contribution in [0, 0.1) is 0 Å². The number of carbonyl (C=O) groups is 1. The predicted molar refractivity (Wildman–Crippen MR) is 73.8 cm³/mol. The number of alkyl halides is 3. The number of hydrogen-bond donors (Lipinski definition) is 0. The highest BCUT2D eigenvalue weighted by Crippen LogP contribution is 2.30. The average molecular weight is 310 g/mol. The summed E-state index contributed by atoms with van der Waals surface area (Å²) in [7, 11) is 3.28. The van der Waals surface area contributed by atoms with Gasteiger partial charge in [-0.1, -0.05) is 0 Å². The van der Waals surface area contributed by atoms with Gasteiger partial charge in [-0.2, -0.15) is 13.2 Å². The molecule has 1 aromatic heterocycles.